The highest BCUT2D eigenvalue weighted by Gasteiger charge is 2.21. The summed E-state index contributed by atoms with van der Waals surface area (Å²) >= 11 is 0. The van der Waals surface area contributed by atoms with Gasteiger partial charge in [0.05, 0.1) is 0 Å². The number of nitrogens with one attached hydrogen (secondary N) is 2. The van der Waals surface area contributed by atoms with E-state index in [2.05, 4.69) is 29.5 Å². The first-order valence-electron chi connectivity index (χ1n) is 5.64. The summed E-state index contributed by atoms with van der Waals surface area (Å²) in [6.45, 7) is 4.82. The van der Waals surface area contributed by atoms with Crippen molar-refractivity contribution in [2.24, 2.45) is 4.99 Å². The molecule has 0 amide bonds. The molecular formula is C13H20FN3. The van der Waals surface area contributed by atoms with E-state index in [1.165, 1.54) is 6.07 Å². The van der Waals surface area contributed by atoms with Crippen LogP contribution in [0.25, 0.3) is 0 Å². The summed E-state index contributed by atoms with van der Waals surface area (Å²) in [5.41, 5.74) is 0.811. The molecule has 0 aromatic heterocycles. The molecule has 0 bridgehead atoms. The van der Waals surface area contributed by atoms with Crippen LogP contribution in [0, 0.1) is 5.82 Å². The van der Waals surface area contributed by atoms with Gasteiger partial charge >= 0.3 is 0 Å². The highest BCUT2D eigenvalue weighted by molar-refractivity contribution is 5.79. The molecule has 3 nitrogen and oxygen atoms in total. The molecule has 1 aromatic rings. The number of hydrogen-bond acceptors (Lipinski definition) is 1. The van der Waals surface area contributed by atoms with Gasteiger partial charge in [0, 0.05) is 26.1 Å². The molecule has 0 aliphatic heterocycles. The van der Waals surface area contributed by atoms with Gasteiger partial charge in [-0.05, 0) is 17.7 Å². The molecule has 2 N–H and O–H groups in total. The van der Waals surface area contributed by atoms with Crippen LogP contribution in [0.15, 0.2) is 29.3 Å². The van der Waals surface area contributed by atoms with Crippen molar-refractivity contribution in [3.8, 4) is 0 Å². The lowest BCUT2D eigenvalue weighted by Gasteiger charge is -2.26. The Balaban J connectivity index is 2.75. The third-order valence-electron chi connectivity index (χ3n) is 2.76. The topological polar surface area (TPSA) is 36.4 Å². The highest BCUT2D eigenvalue weighted by atomic mass is 19.1. The Morgan fingerprint density at radius 3 is 2.65 bits per heavy atom. The van der Waals surface area contributed by atoms with Crippen molar-refractivity contribution >= 4 is 5.96 Å². The van der Waals surface area contributed by atoms with Gasteiger partial charge in [-0.15, -0.1) is 0 Å². The van der Waals surface area contributed by atoms with Crippen molar-refractivity contribution in [1.82, 2.24) is 10.6 Å². The number of aliphatic imine (C=N–C) groups is 1. The average Bonchev–Trinajstić information content (AvgIpc) is 2.30. The quantitative estimate of drug-likeness (QED) is 0.622. The van der Waals surface area contributed by atoms with Crippen LogP contribution in [0.3, 0.4) is 0 Å². The number of guanidine groups is 1. The number of hydrogen-bond donors (Lipinski definition) is 2. The molecule has 0 fully saturated rings. The normalized spacial score (nSPS) is 12.4. The Kier molecular flexibility index (Phi) is 4.49. The summed E-state index contributed by atoms with van der Waals surface area (Å²) in [5, 5.41) is 6.15. The summed E-state index contributed by atoms with van der Waals surface area (Å²) in [6, 6.07) is 6.70. The molecule has 0 saturated heterocycles. The van der Waals surface area contributed by atoms with Crippen molar-refractivity contribution in [3.63, 3.8) is 0 Å². The van der Waals surface area contributed by atoms with Crippen LogP contribution in [0.4, 0.5) is 4.39 Å². The maximum atomic E-state index is 13.2. The predicted molar refractivity (Wildman–Crippen MR) is 69.8 cm³/mol. The van der Waals surface area contributed by atoms with E-state index in [1.54, 1.807) is 19.2 Å². The molecule has 0 radical (unpaired) electrons. The fourth-order valence-corrected chi connectivity index (χ4v) is 1.60. The van der Waals surface area contributed by atoms with Crippen LogP contribution in [0.2, 0.25) is 0 Å². The van der Waals surface area contributed by atoms with Gasteiger partial charge in [-0.3, -0.25) is 4.99 Å². The minimum Gasteiger partial charge on any atom is -0.359 e. The van der Waals surface area contributed by atoms with Crippen molar-refractivity contribution < 1.29 is 4.39 Å². The van der Waals surface area contributed by atoms with E-state index in [0.29, 0.717) is 6.54 Å². The smallest absolute Gasteiger partial charge is 0.190 e. The molecule has 0 atom stereocenters. The first-order valence-corrected chi connectivity index (χ1v) is 5.64. The summed E-state index contributed by atoms with van der Waals surface area (Å²) in [7, 11) is 3.53. The Morgan fingerprint density at radius 2 is 2.12 bits per heavy atom. The minimum absolute atomic E-state index is 0.158. The number of benzene rings is 1. The van der Waals surface area contributed by atoms with E-state index in [9.17, 15) is 4.39 Å². The van der Waals surface area contributed by atoms with E-state index in [4.69, 9.17) is 0 Å². The molecule has 0 saturated carbocycles. The third-order valence-corrected chi connectivity index (χ3v) is 2.76. The maximum absolute atomic E-state index is 13.2. The van der Waals surface area contributed by atoms with Crippen molar-refractivity contribution in [2.75, 3.05) is 20.6 Å². The van der Waals surface area contributed by atoms with Gasteiger partial charge in [0.2, 0.25) is 0 Å². The molecule has 0 aliphatic rings. The molecule has 0 heterocycles. The zero-order valence-electron chi connectivity index (χ0n) is 10.8. The maximum Gasteiger partial charge on any atom is 0.190 e. The zero-order valence-corrected chi connectivity index (χ0v) is 10.8. The largest absolute Gasteiger partial charge is 0.359 e. The highest BCUT2D eigenvalue weighted by Crippen LogP contribution is 2.22. The Bertz CT molecular complexity index is 399. The van der Waals surface area contributed by atoms with E-state index in [-0.39, 0.29) is 11.2 Å². The second kappa shape index (κ2) is 5.66. The van der Waals surface area contributed by atoms with Crippen LogP contribution < -0.4 is 10.6 Å². The Morgan fingerprint density at radius 1 is 1.41 bits per heavy atom. The minimum atomic E-state index is -0.200. The second-order valence-corrected chi connectivity index (χ2v) is 4.57. The first kappa shape index (κ1) is 13.5. The predicted octanol–water partition coefficient (Wildman–Crippen LogP) is 1.90. The van der Waals surface area contributed by atoms with Crippen LogP contribution >= 0.6 is 0 Å². The monoisotopic (exact) mass is 237 g/mol. The van der Waals surface area contributed by atoms with Gasteiger partial charge in [0.1, 0.15) is 5.82 Å². The fourth-order valence-electron chi connectivity index (χ4n) is 1.60. The molecule has 4 heteroatoms. The van der Waals surface area contributed by atoms with E-state index < -0.39 is 0 Å². The van der Waals surface area contributed by atoms with Crippen LogP contribution in [0.1, 0.15) is 19.4 Å². The fraction of sp³-hybridized carbons (Fsp3) is 0.462. The summed E-state index contributed by atoms with van der Waals surface area (Å²) < 4.78 is 13.2. The zero-order chi connectivity index (χ0) is 12.9. The molecule has 94 valence electrons. The second-order valence-electron chi connectivity index (χ2n) is 4.57. The third kappa shape index (κ3) is 3.73. The first-order chi connectivity index (χ1) is 7.99. The lowest BCUT2D eigenvalue weighted by atomic mass is 9.84. The van der Waals surface area contributed by atoms with E-state index >= 15 is 0 Å². The standard InChI is InChI=1S/C13H20FN3/c1-13(2,9-17-12(15-3)16-4)10-6-5-7-11(14)8-10/h5-8H,9H2,1-4H3,(H2,15,16,17). The van der Waals surface area contributed by atoms with Gasteiger partial charge in [-0.2, -0.15) is 0 Å². The van der Waals surface area contributed by atoms with Crippen molar-refractivity contribution in [3.05, 3.63) is 35.6 Å². The number of rotatable bonds is 3. The Hall–Kier alpha value is -1.58. The number of halogens is 1. The van der Waals surface area contributed by atoms with Gasteiger partial charge in [-0.25, -0.2) is 4.39 Å². The lowest BCUT2D eigenvalue weighted by molar-refractivity contribution is 0.504. The average molecular weight is 237 g/mol. The molecule has 1 rings (SSSR count). The molecular weight excluding hydrogens is 217 g/mol. The van der Waals surface area contributed by atoms with Crippen LogP contribution in [0.5, 0.6) is 0 Å². The molecule has 0 spiro atoms. The van der Waals surface area contributed by atoms with Gasteiger partial charge in [0.25, 0.3) is 0 Å². The SMILES string of the molecule is CN=C(NC)NCC(C)(C)c1cccc(F)c1. The van der Waals surface area contributed by atoms with Crippen molar-refractivity contribution in [1.29, 1.82) is 0 Å². The lowest BCUT2D eigenvalue weighted by Crippen LogP contribution is -2.42. The molecule has 0 aliphatic carbocycles. The summed E-state index contributed by atoms with van der Waals surface area (Å²) in [5.74, 6) is 0.531. The summed E-state index contributed by atoms with van der Waals surface area (Å²) in [4.78, 5) is 4.04. The van der Waals surface area contributed by atoms with Crippen LogP contribution in [-0.4, -0.2) is 26.6 Å². The Labute approximate surface area is 102 Å². The molecule has 1 aromatic carbocycles. The summed E-state index contributed by atoms with van der Waals surface area (Å²) in [6.07, 6.45) is 0. The molecule has 17 heavy (non-hydrogen) atoms. The van der Waals surface area contributed by atoms with Gasteiger partial charge < -0.3 is 10.6 Å². The van der Waals surface area contributed by atoms with Gasteiger partial charge in [0.15, 0.2) is 5.96 Å². The van der Waals surface area contributed by atoms with Crippen LogP contribution in [-0.2, 0) is 5.41 Å². The van der Waals surface area contributed by atoms with E-state index in [0.717, 1.165) is 11.5 Å². The van der Waals surface area contributed by atoms with E-state index in [1.807, 2.05) is 13.1 Å². The number of nitrogens with zero attached hydrogens (tertiary/aromatic N) is 1. The van der Waals surface area contributed by atoms with Gasteiger partial charge in [-0.1, -0.05) is 26.0 Å². The molecule has 0 unspecified atom stereocenters. The van der Waals surface area contributed by atoms with Crippen molar-refractivity contribution in [2.45, 2.75) is 19.3 Å².